The number of rotatable bonds is 6. The van der Waals surface area contributed by atoms with Crippen molar-refractivity contribution in [3.63, 3.8) is 0 Å². The third kappa shape index (κ3) is 3.98. The molecule has 3 unspecified atom stereocenters. The zero-order valence-corrected chi connectivity index (χ0v) is 12.4. The van der Waals surface area contributed by atoms with E-state index in [2.05, 4.69) is 32.6 Å². The largest absolute Gasteiger partial charge is 0.481 e. The van der Waals surface area contributed by atoms with E-state index in [-0.39, 0.29) is 12.5 Å². The highest BCUT2D eigenvalue weighted by atomic mass is 16.4. The lowest BCUT2D eigenvalue weighted by Crippen LogP contribution is -2.49. The van der Waals surface area contributed by atoms with Crippen molar-refractivity contribution in [3.05, 3.63) is 0 Å². The summed E-state index contributed by atoms with van der Waals surface area (Å²) in [5.41, 5.74) is 0. The lowest BCUT2D eigenvalue weighted by Gasteiger charge is -2.44. The molecule has 3 atom stereocenters. The second-order valence-electron chi connectivity index (χ2n) is 6.04. The van der Waals surface area contributed by atoms with Crippen LogP contribution in [0.4, 0.5) is 0 Å². The van der Waals surface area contributed by atoms with E-state index in [0.29, 0.717) is 12.0 Å². The predicted octanol–water partition coefficient (Wildman–Crippen LogP) is 3.39. The molecule has 1 N–H and O–H groups in total. The number of carboxylic acid groups (broad SMARTS) is 1. The van der Waals surface area contributed by atoms with Gasteiger partial charge in [0.15, 0.2) is 0 Å². The maximum absolute atomic E-state index is 10.9. The third-order valence-corrected chi connectivity index (χ3v) is 4.47. The molecular weight excluding hydrogens is 226 g/mol. The Morgan fingerprint density at radius 1 is 1.28 bits per heavy atom. The van der Waals surface area contributed by atoms with Gasteiger partial charge in [0.2, 0.25) is 0 Å². The van der Waals surface area contributed by atoms with Gasteiger partial charge in [0.05, 0.1) is 6.42 Å². The molecule has 0 spiro atoms. The fourth-order valence-corrected chi connectivity index (χ4v) is 3.57. The number of aliphatic carboxylic acids is 1. The minimum atomic E-state index is -0.683. The van der Waals surface area contributed by atoms with Gasteiger partial charge in [-0.05, 0) is 38.1 Å². The fraction of sp³-hybridized carbons (Fsp3) is 0.933. The molecular formula is C15H29NO2. The van der Waals surface area contributed by atoms with Crippen LogP contribution in [0.25, 0.3) is 0 Å². The molecule has 0 saturated heterocycles. The van der Waals surface area contributed by atoms with E-state index < -0.39 is 5.97 Å². The van der Waals surface area contributed by atoms with Crippen molar-refractivity contribution >= 4 is 5.97 Å². The van der Waals surface area contributed by atoms with Crippen molar-refractivity contribution in [3.8, 4) is 0 Å². The SMILES string of the molecule is CCN(C(C)CC(=O)O)C1CCCCC1C(C)C. The standard InChI is InChI=1S/C15H29NO2/c1-5-16(12(4)10-15(17)18)14-9-7-6-8-13(14)11(2)3/h11-14H,5-10H2,1-4H3,(H,17,18). The van der Waals surface area contributed by atoms with E-state index in [9.17, 15) is 4.79 Å². The molecule has 0 aromatic rings. The average molecular weight is 255 g/mol. The van der Waals surface area contributed by atoms with Crippen molar-refractivity contribution in [2.75, 3.05) is 6.54 Å². The summed E-state index contributed by atoms with van der Waals surface area (Å²) in [5, 5.41) is 8.98. The first kappa shape index (κ1) is 15.5. The monoisotopic (exact) mass is 255 g/mol. The quantitative estimate of drug-likeness (QED) is 0.791. The number of carboxylic acids is 1. The van der Waals surface area contributed by atoms with E-state index in [1.54, 1.807) is 0 Å². The molecule has 0 radical (unpaired) electrons. The summed E-state index contributed by atoms with van der Waals surface area (Å²) < 4.78 is 0. The topological polar surface area (TPSA) is 40.5 Å². The van der Waals surface area contributed by atoms with Crippen LogP contribution in [0.3, 0.4) is 0 Å². The van der Waals surface area contributed by atoms with E-state index in [0.717, 1.165) is 12.5 Å². The Labute approximate surface area is 112 Å². The van der Waals surface area contributed by atoms with Gasteiger partial charge in [-0.1, -0.05) is 33.6 Å². The zero-order valence-electron chi connectivity index (χ0n) is 12.4. The van der Waals surface area contributed by atoms with Crippen molar-refractivity contribution < 1.29 is 9.90 Å². The molecule has 1 fully saturated rings. The van der Waals surface area contributed by atoms with E-state index in [1.165, 1.54) is 25.7 Å². The molecule has 0 aromatic carbocycles. The summed E-state index contributed by atoms with van der Waals surface area (Å²) in [4.78, 5) is 13.3. The minimum Gasteiger partial charge on any atom is -0.481 e. The maximum atomic E-state index is 10.9. The third-order valence-electron chi connectivity index (χ3n) is 4.47. The van der Waals surface area contributed by atoms with Crippen LogP contribution in [0.2, 0.25) is 0 Å². The van der Waals surface area contributed by atoms with Gasteiger partial charge in [-0.25, -0.2) is 0 Å². The maximum Gasteiger partial charge on any atom is 0.304 e. The molecule has 0 aromatic heterocycles. The first-order valence-electron chi connectivity index (χ1n) is 7.44. The molecule has 1 aliphatic rings. The van der Waals surface area contributed by atoms with Crippen molar-refractivity contribution in [1.29, 1.82) is 0 Å². The average Bonchev–Trinajstić information content (AvgIpc) is 2.29. The summed E-state index contributed by atoms with van der Waals surface area (Å²) in [6.07, 6.45) is 5.43. The van der Waals surface area contributed by atoms with Crippen molar-refractivity contribution in [1.82, 2.24) is 4.90 Å². The summed E-state index contributed by atoms with van der Waals surface area (Å²) in [6.45, 7) is 9.79. The number of hydrogen-bond donors (Lipinski definition) is 1. The predicted molar refractivity (Wildman–Crippen MR) is 74.7 cm³/mol. The summed E-state index contributed by atoms with van der Waals surface area (Å²) >= 11 is 0. The number of nitrogens with zero attached hydrogens (tertiary/aromatic N) is 1. The minimum absolute atomic E-state index is 0.150. The Hall–Kier alpha value is -0.570. The van der Waals surface area contributed by atoms with Gasteiger partial charge < -0.3 is 5.11 Å². The number of hydrogen-bond acceptors (Lipinski definition) is 2. The number of carbonyl (C=O) groups is 1. The van der Waals surface area contributed by atoms with E-state index in [1.807, 2.05) is 0 Å². The first-order chi connectivity index (χ1) is 8.47. The van der Waals surface area contributed by atoms with Gasteiger partial charge in [-0.2, -0.15) is 0 Å². The highest BCUT2D eigenvalue weighted by molar-refractivity contribution is 5.67. The molecule has 18 heavy (non-hydrogen) atoms. The van der Waals surface area contributed by atoms with Crippen molar-refractivity contribution in [2.24, 2.45) is 11.8 Å². The van der Waals surface area contributed by atoms with Gasteiger partial charge >= 0.3 is 5.97 Å². The fourth-order valence-electron chi connectivity index (χ4n) is 3.57. The molecule has 0 heterocycles. The molecule has 0 amide bonds. The summed E-state index contributed by atoms with van der Waals surface area (Å²) in [6, 6.07) is 0.731. The lowest BCUT2D eigenvalue weighted by molar-refractivity contribution is -0.138. The highest BCUT2D eigenvalue weighted by Crippen LogP contribution is 2.34. The molecule has 3 heteroatoms. The van der Waals surface area contributed by atoms with Crippen LogP contribution in [0.5, 0.6) is 0 Å². The van der Waals surface area contributed by atoms with Crippen molar-refractivity contribution in [2.45, 2.75) is 71.9 Å². The molecule has 1 rings (SSSR count). The van der Waals surface area contributed by atoms with Crippen LogP contribution in [0.15, 0.2) is 0 Å². The Bertz CT molecular complexity index is 265. The van der Waals surface area contributed by atoms with E-state index in [4.69, 9.17) is 5.11 Å². The Balaban J connectivity index is 2.74. The van der Waals surface area contributed by atoms with Gasteiger partial charge in [-0.15, -0.1) is 0 Å². The van der Waals surface area contributed by atoms with Crippen LogP contribution in [-0.2, 0) is 4.79 Å². The lowest BCUT2D eigenvalue weighted by atomic mass is 9.76. The Morgan fingerprint density at radius 3 is 2.39 bits per heavy atom. The summed E-state index contributed by atoms with van der Waals surface area (Å²) in [7, 11) is 0. The second-order valence-corrected chi connectivity index (χ2v) is 6.04. The molecule has 1 aliphatic carbocycles. The molecule has 0 aliphatic heterocycles. The summed E-state index contributed by atoms with van der Waals surface area (Å²) in [5.74, 6) is 0.745. The van der Waals surface area contributed by atoms with Gasteiger partial charge in [0.1, 0.15) is 0 Å². The second kappa shape index (κ2) is 7.13. The van der Waals surface area contributed by atoms with Gasteiger partial charge in [0, 0.05) is 12.1 Å². The zero-order chi connectivity index (χ0) is 13.7. The molecule has 0 bridgehead atoms. The van der Waals surface area contributed by atoms with Crippen LogP contribution in [-0.4, -0.2) is 34.6 Å². The normalized spacial score (nSPS) is 26.6. The molecule has 3 nitrogen and oxygen atoms in total. The first-order valence-corrected chi connectivity index (χ1v) is 7.44. The van der Waals surface area contributed by atoms with Crippen LogP contribution >= 0.6 is 0 Å². The van der Waals surface area contributed by atoms with E-state index >= 15 is 0 Å². The Morgan fingerprint density at radius 2 is 1.89 bits per heavy atom. The van der Waals surface area contributed by atoms with Gasteiger partial charge in [0.25, 0.3) is 0 Å². The van der Waals surface area contributed by atoms with Gasteiger partial charge in [-0.3, -0.25) is 9.69 Å². The molecule has 106 valence electrons. The highest BCUT2D eigenvalue weighted by Gasteiger charge is 2.33. The molecule has 1 saturated carbocycles. The smallest absolute Gasteiger partial charge is 0.304 e. The van der Waals surface area contributed by atoms with Crippen LogP contribution in [0.1, 0.15) is 59.8 Å². The Kier molecular flexibility index (Phi) is 6.13. The van der Waals surface area contributed by atoms with Crippen LogP contribution in [0, 0.1) is 11.8 Å². The van der Waals surface area contributed by atoms with Crippen LogP contribution < -0.4 is 0 Å².